The van der Waals surface area contributed by atoms with Crippen LogP contribution in [0.1, 0.15) is 29.0 Å². The van der Waals surface area contributed by atoms with Gasteiger partial charge in [0.1, 0.15) is 0 Å². The third-order valence-electron chi connectivity index (χ3n) is 4.27. The summed E-state index contributed by atoms with van der Waals surface area (Å²) in [5.41, 5.74) is 5.27. The van der Waals surface area contributed by atoms with Crippen LogP contribution in [-0.4, -0.2) is 59.5 Å². The number of carbonyl (C=O) groups excluding carboxylic acids is 2. The Morgan fingerprint density at radius 3 is 2.88 bits per heavy atom. The number of nitrogens with zero attached hydrogens (tertiary/aromatic N) is 2. The Balaban J connectivity index is 2.01. The number of hydrogen-bond acceptors (Lipinski definition) is 5. The van der Waals surface area contributed by atoms with E-state index in [1.54, 1.807) is 11.3 Å². The highest BCUT2D eigenvalue weighted by atomic mass is 32.1. The number of aliphatic hydroxyl groups is 1. The quantitative estimate of drug-likeness (QED) is 0.729. The van der Waals surface area contributed by atoms with Crippen molar-refractivity contribution in [3.05, 3.63) is 21.9 Å². The molecule has 0 bridgehead atoms. The molecule has 1 aliphatic heterocycles. The number of rotatable bonds is 8. The molecule has 0 spiro atoms. The Hall–Kier alpha value is -1.44. The second-order valence-corrected chi connectivity index (χ2v) is 7.76. The summed E-state index contributed by atoms with van der Waals surface area (Å²) in [4.78, 5) is 30.3. The molecule has 2 heterocycles. The average molecular weight is 353 g/mol. The van der Waals surface area contributed by atoms with Crippen LogP contribution in [0.4, 0.5) is 0 Å². The van der Waals surface area contributed by atoms with Crippen LogP contribution in [0.25, 0.3) is 0 Å². The third kappa shape index (κ3) is 5.58. The molecule has 0 saturated carbocycles. The minimum Gasteiger partial charge on any atom is -0.396 e. The van der Waals surface area contributed by atoms with E-state index in [0.717, 1.165) is 24.3 Å². The first-order valence-electron chi connectivity index (χ1n) is 8.45. The summed E-state index contributed by atoms with van der Waals surface area (Å²) >= 11 is 1.69. The molecule has 2 amide bonds. The van der Waals surface area contributed by atoms with Crippen LogP contribution in [0.2, 0.25) is 0 Å². The molecular formula is C17H27N3O3S. The van der Waals surface area contributed by atoms with Crippen molar-refractivity contribution in [3.63, 3.8) is 0 Å². The van der Waals surface area contributed by atoms with Crippen LogP contribution in [0.5, 0.6) is 0 Å². The van der Waals surface area contributed by atoms with Crippen molar-refractivity contribution in [3.8, 4) is 0 Å². The minimum absolute atomic E-state index is 0.0751. The lowest BCUT2D eigenvalue weighted by molar-refractivity contribution is -0.138. The summed E-state index contributed by atoms with van der Waals surface area (Å²) in [6, 6.07) is 4.11. The predicted molar refractivity (Wildman–Crippen MR) is 94.5 cm³/mol. The van der Waals surface area contributed by atoms with Gasteiger partial charge in [-0.3, -0.25) is 14.5 Å². The van der Waals surface area contributed by atoms with Crippen LogP contribution < -0.4 is 5.73 Å². The van der Waals surface area contributed by atoms with Crippen molar-refractivity contribution >= 4 is 23.2 Å². The highest BCUT2D eigenvalue weighted by molar-refractivity contribution is 7.11. The van der Waals surface area contributed by atoms with Gasteiger partial charge in [0, 0.05) is 29.5 Å². The number of aryl methyl sites for hydroxylation is 1. The number of amides is 2. The molecule has 134 valence electrons. The Morgan fingerprint density at radius 1 is 1.46 bits per heavy atom. The van der Waals surface area contributed by atoms with Gasteiger partial charge in [-0.25, -0.2) is 0 Å². The van der Waals surface area contributed by atoms with E-state index in [4.69, 9.17) is 10.8 Å². The molecule has 1 aromatic heterocycles. The second kappa shape index (κ2) is 9.15. The number of carbonyl (C=O) groups is 2. The molecule has 1 unspecified atom stereocenters. The largest absolute Gasteiger partial charge is 0.396 e. The first-order chi connectivity index (χ1) is 11.5. The van der Waals surface area contributed by atoms with Gasteiger partial charge in [0.2, 0.25) is 11.8 Å². The Kier molecular flexibility index (Phi) is 7.20. The highest BCUT2D eigenvalue weighted by Gasteiger charge is 2.29. The molecule has 0 aliphatic carbocycles. The van der Waals surface area contributed by atoms with Crippen LogP contribution in [0, 0.1) is 12.8 Å². The van der Waals surface area contributed by atoms with Crippen LogP contribution in [0.15, 0.2) is 12.1 Å². The van der Waals surface area contributed by atoms with Gasteiger partial charge in [-0.1, -0.05) is 0 Å². The van der Waals surface area contributed by atoms with Crippen molar-refractivity contribution in [1.29, 1.82) is 0 Å². The minimum atomic E-state index is -0.353. The van der Waals surface area contributed by atoms with E-state index < -0.39 is 0 Å². The number of hydrogen-bond donors (Lipinski definition) is 2. The predicted octanol–water partition coefficient (Wildman–Crippen LogP) is 0.965. The summed E-state index contributed by atoms with van der Waals surface area (Å²) in [5.74, 6) is -0.337. The van der Waals surface area contributed by atoms with Gasteiger partial charge in [-0.15, -0.1) is 11.3 Å². The number of nitrogens with two attached hydrogens (primary N) is 1. The zero-order chi connectivity index (χ0) is 17.5. The first kappa shape index (κ1) is 18.9. The molecule has 0 aromatic carbocycles. The van der Waals surface area contributed by atoms with E-state index in [-0.39, 0.29) is 30.9 Å². The molecule has 1 aliphatic rings. The summed E-state index contributed by atoms with van der Waals surface area (Å²) in [6.07, 6.45) is 2.32. The maximum Gasteiger partial charge on any atom is 0.231 e. The molecule has 24 heavy (non-hydrogen) atoms. The highest BCUT2D eigenvalue weighted by Crippen LogP contribution is 2.22. The van der Waals surface area contributed by atoms with Crippen molar-refractivity contribution < 1.29 is 14.7 Å². The van der Waals surface area contributed by atoms with Crippen molar-refractivity contribution in [1.82, 2.24) is 9.80 Å². The lowest BCUT2D eigenvalue weighted by Crippen LogP contribution is -2.47. The lowest BCUT2D eigenvalue weighted by atomic mass is 9.96. The normalized spacial score (nSPS) is 18.5. The molecule has 7 heteroatoms. The standard InChI is InChI=1S/C17H27N3O3S/c1-13-5-6-15(24-13)11-20(8-3-9-21)17(23)14-4-2-7-19(10-14)12-16(18)22/h5-6,14,21H,2-4,7-12H2,1H3,(H2,18,22). The molecule has 1 atom stereocenters. The van der Waals surface area contributed by atoms with Crippen molar-refractivity contribution in [2.75, 3.05) is 32.8 Å². The fourth-order valence-corrected chi connectivity index (χ4v) is 4.07. The van der Waals surface area contributed by atoms with E-state index in [1.807, 2.05) is 9.80 Å². The summed E-state index contributed by atoms with van der Waals surface area (Å²) < 4.78 is 0. The maximum absolute atomic E-state index is 13.0. The Morgan fingerprint density at radius 2 is 2.25 bits per heavy atom. The second-order valence-electron chi connectivity index (χ2n) is 6.39. The molecule has 1 fully saturated rings. The number of piperidine rings is 1. The third-order valence-corrected chi connectivity index (χ3v) is 5.26. The van der Waals surface area contributed by atoms with Gasteiger partial charge in [-0.2, -0.15) is 0 Å². The molecule has 1 saturated heterocycles. The smallest absolute Gasteiger partial charge is 0.231 e. The van der Waals surface area contributed by atoms with Gasteiger partial charge in [0.05, 0.1) is 19.0 Å². The maximum atomic E-state index is 13.0. The van der Waals surface area contributed by atoms with E-state index in [1.165, 1.54) is 4.88 Å². The first-order valence-corrected chi connectivity index (χ1v) is 9.27. The number of primary amides is 1. The molecule has 3 N–H and O–H groups in total. The van der Waals surface area contributed by atoms with Gasteiger partial charge >= 0.3 is 0 Å². The fourth-order valence-electron chi connectivity index (χ4n) is 3.17. The van der Waals surface area contributed by atoms with Gasteiger partial charge in [0.15, 0.2) is 0 Å². The van der Waals surface area contributed by atoms with E-state index in [9.17, 15) is 9.59 Å². The van der Waals surface area contributed by atoms with E-state index in [0.29, 0.717) is 26.1 Å². The molecule has 1 aromatic rings. The monoisotopic (exact) mass is 353 g/mol. The number of aliphatic hydroxyl groups excluding tert-OH is 1. The summed E-state index contributed by atoms with van der Waals surface area (Å²) in [6.45, 7) is 4.88. The zero-order valence-electron chi connectivity index (χ0n) is 14.2. The Bertz CT molecular complexity index is 561. The van der Waals surface area contributed by atoms with Gasteiger partial charge in [-0.05, 0) is 44.9 Å². The molecule has 6 nitrogen and oxygen atoms in total. The van der Waals surface area contributed by atoms with Gasteiger partial charge in [0.25, 0.3) is 0 Å². The van der Waals surface area contributed by atoms with Crippen molar-refractivity contribution in [2.24, 2.45) is 11.7 Å². The molecular weight excluding hydrogens is 326 g/mol. The average Bonchev–Trinajstić information content (AvgIpc) is 2.95. The fraction of sp³-hybridized carbons (Fsp3) is 0.647. The van der Waals surface area contributed by atoms with Crippen molar-refractivity contribution in [2.45, 2.75) is 32.7 Å². The van der Waals surface area contributed by atoms with Crippen LogP contribution in [0.3, 0.4) is 0 Å². The topological polar surface area (TPSA) is 86.9 Å². The lowest BCUT2D eigenvalue weighted by Gasteiger charge is -2.34. The summed E-state index contributed by atoms with van der Waals surface area (Å²) in [5, 5.41) is 9.12. The van der Waals surface area contributed by atoms with Gasteiger partial charge < -0.3 is 15.7 Å². The molecule has 0 radical (unpaired) electrons. The van der Waals surface area contributed by atoms with E-state index in [2.05, 4.69) is 19.1 Å². The van der Waals surface area contributed by atoms with Crippen LogP contribution in [-0.2, 0) is 16.1 Å². The van der Waals surface area contributed by atoms with Crippen LogP contribution >= 0.6 is 11.3 Å². The molecule has 2 rings (SSSR count). The Labute approximate surface area is 147 Å². The SMILES string of the molecule is Cc1ccc(CN(CCCO)C(=O)C2CCCN(CC(N)=O)C2)s1. The van der Waals surface area contributed by atoms with E-state index >= 15 is 0 Å². The number of likely N-dealkylation sites (tertiary alicyclic amines) is 1. The zero-order valence-corrected chi connectivity index (χ0v) is 15.1. The number of thiophene rings is 1. The summed E-state index contributed by atoms with van der Waals surface area (Å²) in [7, 11) is 0.